The fourth-order valence-corrected chi connectivity index (χ4v) is 5.92. The average Bonchev–Trinajstić information content (AvgIpc) is 3.27. The molecule has 4 rings (SSSR count). The topological polar surface area (TPSA) is 58.1 Å². The summed E-state index contributed by atoms with van der Waals surface area (Å²) in [6, 6.07) is 8.17. The van der Waals surface area contributed by atoms with Gasteiger partial charge < -0.3 is 5.32 Å². The van der Waals surface area contributed by atoms with Crippen molar-refractivity contribution in [2.45, 2.75) is 46.1 Å². The van der Waals surface area contributed by atoms with Crippen LogP contribution in [-0.4, -0.2) is 33.9 Å². The summed E-state index contributed by atoms with van der Waals surface area (Å²) in [5.74, 6) is 1.52. The molecule has 7 heteroatoms. The molecule has 1 amide bonds. The van der Waals surface area contributed by atoms with E-state index in [0.717, 1.165) is 60.5 Å². The van der Waals surface area contributed by atoms with Gasteiger partial charge in [0.15, 0.2) is 5.13 Å². The van der Waals surface area contributed by atoms with E-state index in [0.29, 0.717) is 11.6 Å². The van der Waals surface area contributed by atoms with Crippen molar-refractivity contribution in [3.63, 3.8) is 0 Å². The molecule has 2 unspecified atom stereocenters. The molecule has 1 aliphatic rings. The van der Waals surface area contributed by atoms with Gasteiger partial charge in [0.05, 0.1) is 20.9 Å². The van der Waals surface area contributed by atoms with Gasteiger partial charge in [-0.25, -0.2) is 9.97 Å². The highest BCUT2D eigenvalue weighted by molar-refractivity contribution is 7.18. The number of likely N-dealkylation sites (tertiary alicyclic amines) is 1. The Kier molecular flexibility index (Phi) is 6.57. The summed E-state index contributed by atoms with van der Waals surface area (Å²) in [5, 5.41) is 6.84. The zero-order valence-corrected chi connectivity index (χ0v) is 18.7. The standard InChI is InChI=1S/C22H28N4OS2/c1-15-10-16(2)12-26(11-15)13-17-14-28-22(23-17)25-20(27)8-5-9-21-24-18-6-3-4-7-19(18)29-21/h3-4,6-7,14-16H,5,8-13H2,1-2H3,(H,23,25,27). The van der Waals surface area contributed by atoms with Crippen LogP contribution >= 0.6 is 22.7 Å². The van der Waals surface area contributed by atoms with Crippen LogP contribution in [0.3, 0.4) is 0 Å². The summed E-state index contributed by atoms with van der Waals surface area (Å²) < 4.78 is 1.21. The molecule has 154 valence electrons. The third-order valence-electron chi connectivity index (χ3n) is 5.26. The maximum atomic E-state index is 12.3. The number of thiazole rings is 2. The lowest BCUT2D eigenvalue weighted by Gasteiger charge is -2.34. The zero-order chi connectivity index (χ0) is 20.2. The molecule has 29 heavy (non-hydrogen) atoms. The molecule has 0 saturated carbocycles. The Balaban J connectivity index is 1.22. The van der Waals surface area contributed by atoms with Gasteiger partial charge in [0.2, 0.25) is 5.91 Å². The van der Waals surface area contributed by atoms with E-state index >= 15 is 0 Å². The number of hydrogen-bond acceptors (Lipinski definition) is 6. The Morgan fingerprint density at radius 3 is 2.79 bits per heavy atom. The van der Waals surface area contributed by atoms with Crippen LogP contribution in [0.1, 0.15) is 43.8 Å². The summed E-state index contributed by atoms with van der Waals surface area (Å²) >= 11 is 3.24. The molecule has 2 atom stereocenters. The van der Waals surface area contributed by atoms with E-state index in [-0.39, 0.29) is 5.91 Å². The van der Waals surface area contributed by atoms with Gasteiger partial charge in [-0.15, -0.1) is 22.7 Å². The maximum absolute atomic E-state index is 12.3. The van der Waals surface area contributed by atoms with Gasteiger partial charge in [-0.1, -0.05) is 26.0 Å². The van der Waals surface area contributed by atoms with E-state index in [1.165, 1.54) is 22.5 Å². The summed E-state index contributed by atoms with van der Waals surface area (Å²) in [7, 11) is 0. The van der Waals surface area contributed by atoms with E-state index in [2.05, 4.69) is 45.5 Å². The Morgan fingerprint density at radius 2 is 2.00 bits per heavy atom. The molecule has 0 bridgehead atoms. The second-order valence-electron chi connectivity index (χ2n) is 8.26. The Bertz CT molecular complexity index is 924. The monoisotopic (exact) mass is 428 g/mol. The number of carbonyl (C=O) groups is 1. The number of fused-ring (bicyclic) bond motifs is 1. The van der Waals surface area contributed by atoms with Crippen LogP contribution in [0.2, 0.25) is 0 Å². The van der Waals surface area contributed by atoms with Crippen LogP contribution in [0, 0.1) is 11.8 Å². The number of para-hydroxylation sites is 1. The minimum absolute atomic E-state index is 0.0345. The second-order valence-corrected chi connectivity index (χ2v) is 10.2. The number of nitrogens with zero attached hydrogens (tertiary/aromatic N) is 3. The van der Waals surface area contributed by atoms with Crippen LogP contribution in [0.4, 0.5) is 5.13 Å². The van der Waals surface area contributed by atoms with Crippen molar-refractivity contribution in [2.24, 2.45) is 11.8 Å². The van der Waals surface area contributed by atoms with Gasteiger partial charge in [-0.05, 0) is 43.2 Å². The van der Waals surface area contributed by atoms with Crippen LogP contribution < -0.4 is 5.32 Å². The van der Waals surface area contributed by atoms with Crippen molar-refractivity contribution < 1.29 is 4.79 Å². The van der Waals surface area contributed by atoms with Crippen LogP contribution in [-0.2, 0) is 17.8 Å². The molecule has 3 aromatic rings. The Morgan fingerprint density at radius 1 is 1.21 bits per heavy atom. The first kappa shape index (κ1) is 20.4. The first-order valence-corrected chi connectivity index (χ1v) is 12.1. The van der Waals surface area contributed by atoms with Gasteiger partial charge in [0.1, 0.15) is 0 Å². The van der Waals surface area contributed by atoms with Crippen molar-refractivity contribution >= 4 is 43.9 Å². The molecule has 2 aromatic heterocycles. The molecule has 0 radical (unpaired) electrons. The van der Waals surface area contributed by atoms with E-state index in [9.17, 15) is 4.79 Å². The average molecular weight is 429 g/mol. The molecule has 1 N–H and O–H groups in total. The Labute approximate surface area is 180 Å². The molecule has 1 saturated heterocycles. The first-order valence-electron chi connectivity index (χ1n) is 10.4. The number of nitrogens with one attached hydrogen (secondary N) is 1. The molecular weight excluding hydrogens is 400 g/mol. The van der Waals surface area contributed by atoms with Crippen molar-refractivity contribution in [2.75, 3.05) is 18.4 Å². The molecular formula is C22H28N4OS2. The number of piperidine rings is 1. The highest BCUT2D eigenvalue weighted by Crippen LogP contribution is 2.25. The minimum atomic E-state index is 0.0345. The molecule has 1 fully saturated rings. The molecule has 0 aliphatic carbocycles. The number of amides is 1. The number of anilines is 1. The fourth-order valence-electron chi connectivity index (χ4n) is 4.20. The molecule has 5 nitrogen and oxygen atoms in total. The fraction of sp³-hybridized carbons (Fsp3) is 0.500. The summed E-state index contributed by atoms with van der Waals surface area (Å²) in [6.45, 7) is 7.79. The number of hydrogen-bond donors (Lipinski definition) is 1. The number of aryl methyl sites for hydroxylation is 1. The van der Waals surface area contributed by atoms with Gasteiger partial charge in [0.25, 0.3) is 0 Å². The summed E-state index contributed by atoms with van der Waals surface area (Å²) in [6.07, 6.45) is 3.44. The lowest BCUT2D eigenvalue weighted by molar-refractivity contribution is -0.116. The lowest BCUT2D eigenvalue weighted by atomic mass is 9.92. The van der Waals surface area contributed by atoms with E-state index in [4.69, 9.17) is 0 Å². The van der Waals surface area contributed by atoms with E-state index in [1.807, 2.05) is 18.2 Å². The number of benzene rings is 1. The third-order valence-corrected chi connectivity index (χ3v) is 7.16. The van der Waals surface area contributed by atoms with Crippen molar-refractivity contribution in [1.82, 2.24) is 14.9 Å². The number of rotatable bonds is 7. The minimum Gasteiger partial charge on any atom is -0.302 e. The summed E-state index contributed by atoms with van der Waals surface area (Å²) in [5.41, 5.74) is 2.10. The quantitative estimate of drug-likeness (QED) is 0.562. The van der Waals surface area contributed by atoms with Gasteiger partial charge in [-0.2, -0.15) is 0 Å². The second kappa shape index (κ2) is 9.32. The van der Waals surface area contributed by atoms with Gasteiger partial charge >= 0.3 is 0 Å². The van der Waals surface area contributed by atoms with Crippen molar-refractivity contribution in [3.8, 4) is 0 Å². The lowest BCUT2D eigenvalue weighted by Crippen LogP contribution is -2.38. The van der Waals surface area contributed by atoms with Crippen LogP contribution in [0.15, 0.2) is 29.6 Å². The molecule has 1 aromatic carbocycles. The number of aromatic nitrogens is 2. The molecule has 3 heterocycles. The summed E-state index contributed by atoms with van der Waals surface area (Å²) in [4.78, 5) is 24.0. The maximum Gasteiger partial charge on any atom is 0.226 e. The highest BCUT2D eigenvalue weighted by atomic mass is 32.1. The van der Waals surface area contributed by atoms with Gasteiger partial charge in [0, 0.05) is 31.4 Å². The largest absolute Gasteiger partial charge is 0.302 e. The van der Waals surface area contributed by atoms with Crippen LogP contribution in [0.25, 0.3) is 10.2 Å². The highest BCUT2D eigenvalue weighted by Gasteiger charge is 2.22. The predicted octanol–water partition coefficient (Wildman–Crippen LogP) is 5.19. The number of carbonyl (C=O) groups excluding carboxylic acids is 1. The van der Waals surface area contributed by atoms with E-state index in [1.54, 1.807) is 11.3 Å². The predicted molar refractivity (Wildman–Crippen MR) is 122 cm³/mol. The normalized spacial score (nSPS) is 20.2. The van der Waals surface area contributed by atoms with Crippen molar-refractivity contribution in [3.05, 3.63) is 40.3 Å². The molecule has 1 aliphatic heterocycles. The Hall–Kier alpha value is -1.83. The zero-order valence-electron chi connectivity index (χ0n) is 17.1. The van der Waals surface area contributed by atoms with Gasteiger partial charge in [-0.3, -0.25) is 9.69 Å². The third kappa shape index (κ3) is 5.62. The first-order chi connectivity index (χ1) is 14.0. The molecule has 0 spiro atoms. The van der Waals surface area contributed by atoms with Crippen molar-refractivity contribution in [1.29, 1.82) is 0 Å². The van der Waals surface area contributed by atoms with Crippen LogP contribution in [0.5, 0.6) is 0 Å². The SMILES string of the molecule is CC1CC(C)CN(Cc2csc(NC(=O)CCCc3nc4ccccc4s3)n2)C1. The smallest absolute Gasteiger partial charge is 0.226 e. The van der Waals surface area contributed by atoms with E-state index < -0.39 is 0 Å².